The molecule has 0 spiro atoms. The summed E-state index contributed by atoms with van der Waals surface area (Å²) >= 11 is 0. The van der Waals surface area contributed by atoms with Crippen LogP contribution >= 0.6 is 0 Å². The molecule has 0 radical (unpaired) electrons. The summed E-state index contributed by atoms with van der Waals surface area (Å²) in [5, 5.41) is 3.63. The second-order valence-corrected chi connectivity index (χ2v) is 9.42. The highest BCUT2D eigenvalue weighted by molar-refractivity contribution is 5.95. The molecule has 1 aliphatic rings. The van der Waals surface area contributed by atoms with Crippen LogP contribution in [0.4, 0.5) is 5.69 Å². The Morgan fingerprint density at radius 2 is 2.03 bits per heavy atom. The van der Waals surface area contributed by atoms with Crippen molar-refractivity contribution in [1.82, 2.24) is 19.5 Å². The summed E-state index contributed by atoms with van der Waals surface area (Å²) in [7, 11) is 0. The molecule has 0 saturated heterocycles. The quantitative estimate of drug-likeness (QED) is 0.343. The molecule has 4 aromatic rings. The Hall–Kier alpha value is -3.15. The number of hydrogen-bond donors (Lipinski definition) is 1. The van der Waals surface area contributed by atoms with E-state index in [-0.39, 0.29) is 0 Å². The summed E-state index contributed by atoms with van der Waals surface area (Å²) in [5.41, 5.74) is 9.18. The van der Waals surface area contributed by atoms with Crippen LogP contribution in [0.1, 0.15) is 80.6 Å². The zero-order valence-corrected chi connectivity index (χ0v) is 20.3. The van der Waals surface area contributed by atoms with Gasteiger partial charge in [0.25, 0.3) is 0 Å². The largest absolute Gasteiger partial charge is 0.444 e. The minimum absolute atomic E-state index is 0.331. The third kappa shape index (κ3) is 3.81. The average Bonchev–Trinajstić information content (AvgIpc) is 3.31. The van der Waals surface area contributed by atoms with E-state index in [9.17, 15) is 0 Å². The Balaban J connectivity index is 1.70. The van der Waals surface area contributed by atoms with Gasteiger partial charge in [0.2, 0.25) is 5.89 Å². The number of pyridine rings is 2. The van der Waals surface area contributed by atoms with Crippen molar-refractivity contribution in [3.63, 3.8) is 0 Å². The Labute approximate surface area is 195 Å². The molecule has 1 fully saturated rings. The van der Waals surface area contributed by atoms with Crippen molar-refractivity contribution in [3.8, 4) is 11.3 Å². The first-order valence-corrected chi connectivity index (χ1v) is 12.1. The highest BCUT2D eigenvalue weighted by Gasteiger charge is 2.26. The van der Waals surface area contributed by atoms with Crippen LogP contribution in [0.15, 0.2) is 35.0 Å². The summed E-state index contributed by atoms with van der Waals surface area (Å²) in [6.07, 6.45) is 8.35. The van der Waals surface area contributed by atoms with E-state index in [2.05, 4.69) is 54.7 Å². The standard InChI is InChI=1S/C27H33N5O/c1-6-23-18(5)25-27(32(23)16(2)3)22(29-15-24-30-14-17(4)33-24)13-21(31-25)20-11-8-12-28-26(20)19-9-7-10-19/h8,11-14,16,19H,6-7,9-10,15H2,1-5H3,(H,29,31). The zero-order chi connectivity index (χ0) is 23.1. The maximum Gasteiger partial charge on any atom is 0.213 e. The lowest BCUT2D eigenvalue weighted by Gasteiger charge is -2.26. The first-order valence-electron chi connectivity index (χ1n) is 12.1. The minimum Gasteiger partial charge on any atom is -0.444 e. The van der Waals surface area contributed by atoms with Crippen molar-refractivity contribution >= 4 is 16.7 Å². The van der Waals surface area contributed by atoms with E-state index in [4.69, 9.17) is 14.4 Å². The molecule has 5 rings (SSSR count). The summed E-state index contributed by atoms with van der Waals surface area (Å²) in [6, 6.07) is 6.72. The van der Waals surface area contributed by atoms with Crippen LogP contribution in [0.2, 0.25) is 0 Å². The second kappa shape index (κ2) is 8.65. The number of nitrogens with one attached hydrogen (secondary N) is 1. The molecule has 6 heteroatoms. The predicted molar refractivity (Wildman–Crippen MR) is 133 cm³/mol. The molecule has 0 atom stereocenters. The maximum absolute atomic E-state index is 5.73. The predicted octanol–water partition coefficient (Wildman–Crippen LogP) is 6.73. The van der Waals surface area contributed by atoms with E-state index in [1.165, 1.54) is 36.2 Å². The molecule has 0 aliphatic heterocycles. The summed E-state index contributed by atoms with van der Waals surface area (Å²) in [4.78, 5) is 14.4. The lowest BCUT2D eigenvalue weighted by atomic mass is 9.80. The Morgan fingerprint density at radius 3 is 2.67 bits per heavy atom. The van der Waals surface area contributed by atoms with Crippen LogP contribution in [0.5, 0.6) is 0 Å². The van der Waals surface area contributed by atoms with Crippen LogP contribution in [0.25, 0.3) is 22.3 Å². The van der Waals surface area contributed by atoms with Crippen molar-refractivity contribution in [2.75, 3.05) is 5.32 Å². The van der Waals surface area contributed by atoms with Gasteiger partial charge in [-0.05, 0) is 70.7 Å². The van der Waals surface area contributed by atoms with E-state index < -0.39 is 0 Å². The van der Waals surface area contributed by atoms with Crippen LogP contribution < -0.4 is 5.32 Å². The number of anilines is 1. The fourth-order valence-corrected chi connectivity index (χ4v) is 5.07. The third-order valence-corrected chi connectivity index (χ3v) is 6.87. The number of oxazole rings is 1. The molecule has 1 aliphatic carbocycles. The molecule has 0 bridgehead atoms. The molecule has 172 valence electrons. The van der Waals surface area contributed by atoms with Gasteiger partial charge in [-0.25, -0.2) is 9.97 Å². The van der Waals surface area contributed by atoms with E-state index in [1.54, 1.807) is 6.20 Å². The third-order valence-electron chi connectivity index (χ3n) is 6.87. The molecular formula is C27H33N5O. The van der Waals surface area contributed by atoms with Crippen molar-refractivity contribution in [2.45, 2.75) is 78.8 Å². The van der Waals surface area contributed by atoms with Crippen LogP contribution in [-0.2, 0) is 13.0 Å². The van der Waals surface area contributed by atoms with Gasteiger partial charge in [-0.2, -0.15) is 0 Å². The summed E-state index contributed by atoms with van der Waals surface area (Å²) in [6.45, 7) is 11.3. The Morgan fingerprint density at radius 1 is 1.21 bits per heavy atom. The van der Waals surface area contributed by atoms with E-state index in [0.717, 1.165) is 40.2 Å². The normalized spacial score (nSPS) is 14.2. The molecule has 0 unspecified atom stereocenters. The Bertz CT molecular complexity index is 1300. The van der Waals surface area contributed by atoms with E-state index in [1.807, 2.05) is 19.2 Å². The van der Waals surface area contributed by atoms with Crippen LogP contribution in [0, 0.1) is 13.8 Å². The van der Waals surface area contributed by atoms with Gasteiger partial charge in [0, 0.05) is 29.4 Å². The Kier molecular flexibility index (Phi) is 5.69. The molecule has 4 aromatic heterocycles. The van der Waals surface area contributed by atoms with E-state index >= 15 is 0 Å². The van der Waals surface area contributed by atoms with Crippen LogP contribution in [0.3, 0.4) is 0 Å². The summed E-state index contributed by atoms with van der Waals surface area (Å²) < 4.78 is 8.16. The van der Waals surface area contributed by atoms with Gasteiger partial charge in [0.1, 0.15) is 5.76 Å². The first kappa shape index (κ1) is 21.7. The van der Waals surface area contributed by atoms with E-state index in [0.29, 0.717) is 24.4 Å². The number of rotatable bonds is 7. The smallest absolute Gasteiger partial charge is 0.213 e. The fraction of sp³-hybridized carbons (Fsp3) is 0.444. The van der Waals surface area contributed by atoms with Crippen molar-refractivity contribution in [1.29, 1.82) is 0 Å². The van der Waals surface area contributed by atoms with Gasteiger partial charge in [0.05, 0.1) is 40.9 Å². The van der Waals surface area contributed by atoms with Gasteiger partial charge in [-0.1, -0.05) is 13.3 Å². The number of aromatic nitrogens is 4. The number of aryl methyl sites for hydroxylation is 2. The van der Waals surface area contributed by atoms with Gasteiger partial charge in [0.15, 0.2) is 0 Å². The molecule has 0 aromatic carbocycles. The average molecular weight is 444 g/mol. The summed E-state index contributed by atoms with van der Waals surface area (Å²) in [5.74, 6) is 2.05. The lowest BCUT2D eigenvalue weighted by Crippen LogP contribution is -2.12. The second-order valence-electron chi connectivity index (χ2n) is 9.42. The lowest BCUT2D eigenvalue weighted by molar-refractivity contribution is 0.412. The monoisotopic (exact) mass is 443 g/mol. The van der Waals surface area contributed by atoms with Crippen molar-refractivity contribution in [3.05, 3.63) is 59.2 Å². The number of nitrogens with zero attached hydrogens (tertiary/aromatic N) is 4. The number of hydrogen-bond acceptors (Lipinski definition) is 5. The molecular weight excluding hydrogens is 410 g/mol. The highest BCUT2D eigenvalue weighted by Crippen LogP contribution is 2.41. The molecule has 6 nitrogen and oxygen atoms in total. The molecule has 0 amide bonds. The topological polar surface area (TPSA) is 68.8 Å². The minimum atomic E-state index is 0.331. The van der Waals surface area contributed by atoms with Crippen molar-refractivity contribution < 1.29 is 4.42 Å². The van der Waals surface area contributed by atoms with Gasteiger partial charge in [-0.3, -0.25) is 4.98 Å². The zero-order valence-electron chi connectivity index (χ0n) is 20.3. The molecule has 1 N–H and O–H groups in total. The molecule has 33 heavy (non-hydrogen) atoms. The fourth-order valence-electron chi connectivity index (χ4n) is 5.07. The SMILES string of the molecule is CCc1c(C)c2nc(-c3cccnc3C3CCC3)cc(NCc3ncc(C)o3)c2n1C(C)C. The van der Waals surface area contributed by atoms with Gasteiger partial charge in [-0.15, -0.1) is 0 Å². The molecule has 4 heterocycles. The van der Waals surface area contributed by atoms with Crippen LogP contribution in [-0.4, -0.2) is 19.5 Å². The van der Waals surface area contributed by atoms with Crippen molar-refractivity contribution in [2.24, 2.45) is 0 Å². The molecule has 1 saturated carbocycles. The maximum atomic E-state index is 5.73. The van der Waals surface area contributed by atoms with Gasteiger partial charge < -0.3 is 14.3 Å². The first-order chi connectivity index (χ1) is 16.0. The highest BCUT2D eigenvalue weighted by atomic mass is 16.4. The number of fused-ring (bicyclic) bond motifs is 1. The van der Waals surface area contributed by atoms with Gasteiger partial charge >= 0.3 is 0 Å².